The van der Waals surface area contributed by atoms with Gasteiger partial charge in [0.25, 0.3) is 5.91 Å². The first-order chi connectivity index (χ1) is 9.44. The molecule has 1 saturated carbocycles. The number of ether oxygens (including phenoxy) is 1. The van der Waals surface area contributed by atoms with Crippen LogP contribution in [0.25, 0.3) is 0 Å². The molecular weight excluding hydrogens is 252 g/mol. The lowest BCUT2D eigenvalue weighted by Gasteiger charge is -2.22. The van der Waals surface area contributed by atoms with Crippen molar-refractivity contribution in [3.8, 4) is 0 Å². The normalized spacial score (nSPS) is 19.0. The van der Waals surface area contributed by atoms with Crippen molar-refractivity contribution in [2.75, 3.05) is 17.7 Å². The molecule has 1 aromatic carbocycles. The van der Waals surface area contributed by atoms with Crippen molar-refractivity contribution in [3.63, 3.8) is 0 Å². The van der Waals surface area contributed by atoms with Crippen molar-refractivity contribution in [3.05, 3.63) is 24.3 Å². The van der Waals surface area contributed by atoms with Gasteiger partial charge in [-0.25, -0.2) is 0 Å². The molecule has 1 aliphatic rings. The fourth-order valence-electron chi connectivity index (χ4n) is 2.09. The molecule has 20 heavy (non-hydrogen) atoms. The molecule has 1 fully saturated rings. The highest BCUT2D eigenvalue weighted by atomic mass is 16.5. The maximum absolute atomic E-state index is 11.8. The van der Waals surface area contributed by atoms with Crippen LogP contribution in [0.1, 0.15) is 33.6 Å². The first kappa shape index (κ1) is 14.9. The van der Waals surface area contributed by atoms with Crippen LogP contribution in [0, 0.1) is 5.41 Å². The summed E-state index contributed by atoms with van der Waals surface area (Å²) in [6.45, 7) is 6.25. The summed E-state index contributed by atoms with van der Waals surface area (Å²) in [5.74, 6) is -0.133. The number of carbonyl (C=O) groups is 1. The third-order valence-electron chi connectivity index (χ3n) is 4.32. The summed E-state index contributed by atoms with van der Waals surface area (Å²) >= 11 is 0. The molecule has 0 heterocycles. The minimum absolute atomic E-state index is 0.133. The summed E-state index contributed by atoms with van der Waals surface area (Å²) in [6, 6.07) is 8.25. The van der Waals surface area contributed by atoms with E-state index in [0.29, 0.717) is 11.5 Å². The maximum atomic E-state index is 11.8. The topological polar surface area (TPSA) is 50.4 Å². The number of amides is 1. The fraction of sp³-hybridized carbons (Fsp3) is 0.562. The Kier molecular flexibility index (Phi) is 4.33. The van der Waals surface area contributed by atoms with E-state index in [1.807, 2.05) is 24.3 Å². The van der Waals surface area contributed by atoms with E-state index in [-0.39, 0.29) is 5.91 Å². The van der Waals surface area contributed by atoms with Gasteiger partial charge in [-0.2, -0.15) is 0 Å². The standard InChI is InChI=1S/C16H24N2O2/c1-11(20-4)15(19)18-14-7-5-6-13(10-14)17-12(2)16(3)8-9-16/h5-7,10-12,17H,8-9H2,1-4H3,(H,18,19)/t11-,12-/m0/s1. The quantitative estimate of drug-likeness (QED) is 0.838. The Hall–Kier alpha value is -1.55. The molecule has 2 atom stereocenters. The Morgan fingerprint density at radius 2 is 1.95 bits per heavy atom. The molecule has 1 amide bonds. The molecule has 0 radical (unpaired) electrons. The Bertz CT molecular complexity index is 483. The van der Waals surface area contributed by atoms with Crippen LogP contribution < -0.4 is 10.6 Å². The van der Waals surface area contributed by atoms with Crippen molar-refractivity contribution in [1.29, 1.82) is 0 Å². The van der Waals surface area contributed by atoms with E-state index < -0.39 is 6.10 Å². The zero-order chi connectivity index (χ0) is 14.8. The smallest absolute Gasteiger partial charge is 0.253 e. The molecule has 2 rings (SSSR count). The Labute approximate surface area is 120 Å². The van der Waals surface area contributed by atoms with E-state index in [9.17, 15) is 4.79 Å². The van der Waals surface area contributed by atoms with Crippen LogP contribution >= 0.6 is 0 Å². The summed E-state index contributed by atoms with van der Waals surface area (Å²) in [5.41, 5.74) is 2.25. The van der Waals surface area contributed by atoms with Gasteiger partial charge in [-0.15, -0.1) is 0 Å². The number of rotatable bonds is 6. The molecule has 0 aromatic heterocycles. The van der Waals surface area contributed by atoms with Crippen LogP contribution in [0.5, 0.6) is 0 Å². The number of hydrogen-bond donors (Lipinski definition) is 2. The Balaban J connectivity index is 1.99. The van der Waals surface area contributed by atoms with E-state index in [2.05, 4.69) is 24.5 Å². The van der Waals surface area contributed by atoms with Gasteiger partial charge in [-0.05, 0) is 50.3 Å². The first-order valence-corrected chi connectivity index (χ1v) is 7.15. The monoisotopic (exact) mass is 276 g/mol. The van der Waals surface area contributed by atoms with Gasteiger partial charge in [0.1, 0.15) is 6.10 Å². The Morgan fingerprint density at radius 1 is 1.30 bits per heavy atom. The maximum Gasteiger partial charge on any atom is 0.253 e. The van der Waals surface area contributed by atoms with Gasteiger partial charge in [0.15, 0.2) is 0 Å². The van der Waals surface area contributed by atoms with E-state index in [0.717, 1.165) is 11.4 Å². The van der Waals surface area contributed by atoms with Crippen molar-refractivity contribution in [2.24, 2.45) is 5.41 Å². The van der Waals surface area contributed by atoms with E-state index in [1.165, 1.54) is 20.0 Å². The average Bonchev–Trinajstić information content (AvgIpc) is 3.17. The van der Waals surface area contributed by atoms with E-state index in [4.69, 9.17) is 4.74 Å². The van der Waals surface area contributed by atoms with Crippen LogP contribution in [-0.2, 0) is 9.53 Å². The molecule has 1 aliphatic carbocycles. The lowest BCUT2D eigenvalue weighted by molar-refractivity contribution is -0.124. The predicted molar refractivity (Wildman–Crippen MR) is 82.0 cm³/mol. The number of methoxy groups -OCH3 is 1. The molecule has 1 aromatic rings. The molecule has 0 spiro atoms. The average molecular weight is 276 g/mol. The summed E-state index contributed by atoms with van der Waals surface area (Å²) < 4.78 is 5.00. The number of anilines is 2. The third-order valence-corrected chi connectivity index (χ3v) is 4.32. The number of carbonyl (C=O) groups excluding carboxylic acids is 1. The Morgan fingerprint density at radius 3 is 2.55 bits per heavy atom. The van der Waals surface area contributed by atoms with Gasteiger partial charge in [-0.3, -0.25) is 4.79 Å². The number of nitrogens with one attached hydrogen (secondary N) is 2. The second-order valence-corrected chi connectivity index (χ2v) is 5.97. The summed E-state index contributed by atoms with van der Waals surface area (Å²) in [4.78, 5) is 11.8. The van der Waals surface area contributed by atoms with Gasteiger partial charge in [0.05, 0.1) is 0 Å². The van der Waals surface area contributed by atoms with Crippen LogP contribution in [0.4, 0.5) is 11.4 Å². The molecule has 0 saturated heterocycles. The summed E-state index contributed by atoms with van der Waals surface area (Å²) in [7, 11) is 1.53. The minimum Gasteiger partial charge on any atom is -0.382 e. The number of benzene rings is 1. The highest BCUT2D eigenvalue weighted by Gasteiger charge is 2.42. The van der Waals surface area contributed by atoms with Gasteiger partial charge < -0.3 is 15.4 Å². The summed E-state index contributed by atoms with van der Waals surface area (Å²) in [6.07, 6.45) is 2.11. The minimum atomic E-state index is -0.448. The van der Waals surface area contributed by atoms with Crippen LogP contribution in [0.3, 0.4) is 0 Å². The molecular formula is C16H24N2O2. The SMILES string of the molecule is CO[C@@H](C)C(=O)Nc1cccc(N[C@@H](C)C2(C)CC2)c1. The van der Waals surface area contributed by atoms with E-state index in [1.54, 1.807) is 6.92 Å². The van der Waals surface area contributed by atoms with Gasteiger partial charge >= 0.3 is 0 Å². The van der Waals surface area contributed by atoms with Gasteiger partial charge in [-0.1, -0.05) is 13.0 Å². The second-order valence-electron chi connectivity index (χ2n) is 5.97. The molecule has 2 N–H and O–H groups in total. The van der Waals surface area contributed by atoms with Crippen LogP contribution in [0.2, 0.25) is 0 Å². The molecule has 0 unspecified atom stereocenters. The molecule has 110 valence electrons. The molecule has 4 heteroatoms. The highest BCUT2D eigenvalue weighted by molar-refractivity contribution is 5.94. The zero-order valence-corrected chi connectivity index (χ0v) is 12.7. The molecule has 0 bridgehead atoms. The molecule has 0 aliphatic heterocycles. The lowest BCUT2D eigenvalue weighted by atomic mass is 10.0. The van der Waals surface area contributed by atoms with Crippen LogP contribution in [-0.4, -0.2) is 25.2 Å². The van der Waals surface area contributed by atoms with Crippen molar-refractivity contribution < 1.29 is 9.53 Å². The van der Waals surface area contributed by atoms with Gasteiger partial charge in [0, 0.05) is 24.5 Å². The van der Waals surface area contributed by atoms with Crippen molar-refractivity contribution >= 4 is 17.3 Å². The zero-order valence-electron chi connectivity index (χ0n) is 12.7. The molecule has 4 nitrogen and oxygen atoms in total. The number of hydrogen-bond acceptors (Lipinski definition) is 3. The fourth-order valence-corrected chi connectivity index (χ4v) is 2.09. The van der Waals surface area contributed by atoms with E-state index >= 15 is 0 Å². The summed E-state index contributed by atoms with van der Waals surface area (Å²) in [5, 5.41) is 6.38. The van der Waals surface area contributed by atoms with Crippen molar-refractivity contribution in [1.82, 2.24) is 0 Å². The largest absolute Gasteiger partial charge is 0.382 e. The predicted octanol–water partition coefficient (Wildman–Crippen LogP) is 3.26. The second kappa shape index (κ2) is 5.83. The van der Waals surface area contributed by atoms with Gasteiger partial charge in [0.2, 0.25) is 0 Å². The lowest BCUT2D eigenvalue weighted by Crippen LogP contribution is -2.27. The third kappa shape index (κ3) is 3.51. The van der Waals surface area contributed by atoms with Crippen LogP contribution in [0.15, 0.2) is 24.3 Å². The first-order valence-electron chi connectivity index (χ1n) is 7.15. The van der Waals surface area contributed by atoms with Crippen molar-refractivity contribution in [2.45, 2.75) is 45.8 Å². The highest BCUT2D eigenvalue weighted by Crippen LogP contribution is 2.48.